The first-order chi connectivity index (χ1) is 10.6. The lowest BCUT2D eigenvalue weighted by Gasteiger charge is -2.10. The van der Waals surface area contributed by atoms with Gasteiger partial charge in [0.05, 0.1) is 6.20 Å². The number of halogens is 3. The number of rotatable bonds is 1. The number of nitrogens with zero attached hydrogens (tertiary/aromatic N) is 2. The number of alkyl halides is 3. The van der Waals surface area contributed by atoms with E-state index in [1.807, 2.05) is 24.3 Å². The Hall–Kier alpha value is -2.76. The Kier molecular flexibility index (Phi) is 2.57. The molecule has 3 nitrogen and oxygen atoms in total. The average Bonchev–Trinajstić information content (AvgIpc) is 3.11. The minimum absolute atomic E-state index is 0.269. The van der Waals surface area contributed by atoms with Crippen molar-refractivity contribution in [2.75, 3.05) is 0 Å². The molecule has 0 radical (unpaired) electrons. The fraction of sp³-hybridized carbons (Fsp3) is 0.0625. The van der Waals surface area contributed by atoms with Gasteiger partial charge in [-0.3, -0.25) is 0 Å². The highest BCUT2D eigenvalue weighted by Gasteiger charge is 2.35. The molecule has 0 saturated carbocycles. The zero-order valence-corrected chi connectivity index (χ0v) is 11.1. The standard InChI is InChI=1S/C16H9F3N2O/c17-16(18,19)14-8-9-20-21(14)12-6-3-5-11-10-4-1-2-7-13(10)22-15(11)12/h1-9H. The summed E-state index contributed by atoms with van der Waals surface area (Å²) in [6, 6.07) is 13.4. The van der Waals surface area contributed by atoms with Gasteiger partial charge in [-0.2, -0.15) is 18.3 Å². The highest BCUT2D eigenvalue weighted by atomic mass is 19.4. The molecule has 0 saturated heterocycles. The molecule has 2 aromatic heterocycles. The van der Waals surface area contributed by atoms with E-state index in [-0.39, 0.29) is 5.69 Å². The Morgan fingerprint density at radius 1 is 0.909 bits per heavy atom. The molecule has 0 spiro atoms. The lowest BCUT2D eigenvalue weighted by atomic mass is 10.1. The second-order valence-corrected chi connectivity index (χ2v) is 4.88. The van der Waals surface area contributed by atoms with E-state index in [2.05, 4.69) is 5.10 Å². The number of hydrogen-bond acceptors (Lipinski definition) is 2. The van der Waals surface area contributed by atoms with Crippen molar-refractivity contribution in [1.82, 2.24) is 9.78 Å². The van der Waals surface area contributed by atoms with Crippen LogP contribution in [0.1, 0.15) is 5.69 Å². The van der Waals surface area contributed by atoms with Gasteiger partial charge < -0.3 is 4.42 Å². The molecule has 6 heteroatoms. The Labute approximate surface area is 122 Å². The summed E-state index contributed by atoms with van der Waals surface area (Å²) in [5, 5.41) is 5.43. The van der Waals surface area contributed by atoms with Gasteiger partial charge in [0.1, 0.15) is 17.0 Å². The molecule has 0 aliphatic rings. The Balaban J connectivity index is 2.06. The van der Waals surface area contributed by atoms with E-state index in [1.165, 1.54) is 0 Å². The molecule has 0 atom stereocenters. The largest absolute Gasteiger partial charge is 0.454 e. The van der Waals surface area contributed by atoms with E-state index >= 15 is 0 Å². The minimum atomic E-state index is -4.48. The van der Waals surface area contributed by atoms with Gasteiger partial charge in [0.25, 0.3) is 0 Å². The molecule has 4 rings (SSSR count). The molecule has 110 valence electrons. The molecular weight excluding hydrogens is 293 g/mol. The van der Waals surface area contributed by atoms with E-state index < -0.39 is 11.9 Å². The summed E-state index contributed by atoms with van der Waals surface area (Å²) in [5.41, 5.74) is 0.454. The fourth-order valence-corrected chi connectivity index (χ4v) is 2.61. The maximum atomic E-state index is 13.1. The maximum Gasteiger partial charge on any atom is 0.433 e. The number of aromatic nitrogens is 2. The van der Waals surface area contributed by atoms with E-state index in [4.69, 9.17) is 4.42 Å². The molecule has 22 heavy (non-hydrogen) atoms. The van der Waals surface area contributed by atoms with E-state index in [1.54, 1.807) is 18.2 Å². The molecule has 0 bridgehead atoms. The second-order valence-electron chi connectivity index (χ2n) is 4.88. The van der Waals surface area contributed by atoms with Crippen LogP contribution in [0.25, 0.3) is 27.6 Å². The van der Waals surface area contributed by atoms with Crippen molar-refractivity contribution in [3.8, 4) is 5.69 Å². The van der Waals surface area contributed by atoms with Crippen molar-refractivity contribution in [2.45, 2.75) is 6.18 Å². The normalized spacial score (nSPS) is 12.3. The van der Waals surface area contributed by atoms with Crippen molar-refractivity contribution < 1.29 is 17.6 Å². The predicted molar refractivity (Wildman–Crippen MR) is 75.8 cm³/mol. The van der Waals surface area contributed by atoms with Crippen molar-refractivity contribution in [3.05, 3.63) is 60.4 Å². The van der Waals surface area contributed by atoms with Crippen LogP contribution in [-0.4, -0.2) is 9.78 Å². The average molecular weight is 302 g/mol. The summed E-state index contributed by atoms with van der Waals surface area (Å²) >= 11 is 0. The van der Waals surface area contributed by atoms with Gasteiger partial charge >= 0.3 is 6.18 Å². The SMILES string of the molecule is FC(F)(F)c1ccnn1-c1cccc2c1oc1ccccc12. The summed E-state index contributed by atoms with van der Waals surface area (Å²) in [4.78, 5) is 0. The molecule has 0 aliphatic heterocycles. The third kappa shape index (κ3) is 1.80. The van der Waals surface area contributed by atoms with Crippen LogP contribution in [0, 0.1) is 0 Å². The van der Waals surface area contributed by atoms with Crippen LogP contribution in [0.3, 0.4) is 0 Å². The zero-order valence-electron chi connectivity index (χ0n) is 11.1. The Bertz CT molecular complexity index is 982. The summed E-state index contributed by atoms with van der Waals surface area (Å²) < 4.78 is 45.9. The zero-order chi connectivity index (χ0) is 15.3. The molecule has 2 heterocycles. The molecule has 2 aromatic carbocycles. The quantitative estimate of drug-likeness (QED) is 0.506. The smallest absolute Gasteiger partial charge is 0.433 e. The van der Waals surface area contributed by atoms with Crippen molar-refractivity contribution >= 4 is 21.9 Å². The minimum Gasteiger partial charge on any atom is -0.454 e. The van der Waals surface area contributed by atoms with Gasteiger partial charge in [-0.1, -0.05) is 30.3 Å². The van der Waals surface area contributed by atoms with Crippen LogP contribution in [0.4, 0.5) is 13.2 Å². The number of hydrogen-bond donors (Lipinski definition) is 0. The van der Waals surface area contributed by atoms with Gasteiger partial charge in [0.2, 0.25) is 0 Å². The molecule has 0 amide bonds. The second kappa shape index (κ2) is 4.37. The molecule has 0 unspecified atom stereocenters. The summed E-state index contributed by atoms with van der Waals surface area (Å²) in [6.07, 6.45) is -3.35. The molecular formula is C16H9F3N2O. The van der Waals surface area contributed by atoms with Crippen LogP contribution in [0.15, 0.2) is 59.1 Å². The molecule has 4 aromatic rings. The first kappa shape index (κ1) is 12.9. The Morgan fingerprint density at radius 2 is 1.68 bits per heavy atom. The number of fused-ring (bicyclic) bond motifs is 3. The van der Waals surface area contributed by atoms with Crippen molar-refractivity contribution in [3.63, 3.8) is 0 Å². The monoisotopic (exact) mass is 302 g/mol. The van der Waals surface area contributed by atoms with Gasteiger partial charge in [0, 0.05) is 10.8 Å². The lowest BCUT2D eigenvalue weighted by Crippen LogP contribution is -2.13. The van der Waals surface area contributed by atoms with E-state index in [0.29, 0.717) is 11.2 Å². The molecule has 0 aliphatic carbocycles. The van der Waals surface area contributed by atoms with Crippen molar-refractivity contribution in [2.24, 2.45) is 0 Å². The molecule has 0 fully saturated rings. The Morgan fingerprint density at radius 3 is 2.50 bits per heavy atom. The van der Waals surface area contributed by atoms with Gasteiger partial charge in [0.15, 0.2) is 5.58 Å². The van der Waals surface area contributed by atoms with E-state index in [9.17, 15) is 13.2 Å². The molecule has 0 N–H and O–H groups in total. The van der Waals surface area contributed by atoms with Gasteiger partial charge in [-0.25, -0.2) is 4.68 Å². The highest BCUT2D eigenvalue weighted by Crippen LogP contribution is 2.35. The van der Waals surface area contributed by atoms with Crippen LogP contribution in [-0.2, 0) is 6.18 Å². The third-order valence-electron chi connectivity index (χ3n) is 3.54. The summed E-state index contributed by atoms with van der Waals surface area (Å²) in [7, 11) is 0. The van der Waals surface area contributed by atoms with Gasteiger partial charge in [-0.05, 0) is 18.2 Å². The number of furan rings is 1. The third-order valence-corrected chi connectivity index (χ3v) is 3.54. The number of benzene rings is 2. The predicted octanol–water partition coefficient (Wildman–Crippen LogP) is 4.79. The van der Waals surface area contributed by atoms with Gasteiger partial charge in [-0.15, -0.1) is 0 Å². The van der Waals surface area contributed by atoms with Crippen molar-refractivity contribution in [1.29, 1.82) is 0 Å². The van der Waals surface area contributed by atoms with Crippen LogP contribution in [0.2, 0.25) is 0 Å². The van der Waals surface area contributed by atoms with Crippen LogP contribution in [0.5, 0.6) is 0 Å². The fourth-order valence-electron chi connectivity index (χ4n) is 2.61. The maximum absolute atomic E-state index is 13.1. The number of para-hydroxylation sites is 2. The lowest BCUT2D eigenvalue weighted by molar-refractivity contribution is -0.142. The first-order valence-corrected chi connectivity index (χ1v) is 6.57. The summed E-state index contributed by atoms with van der Waals surface area (Å²) in [6.45, 7) is 0. The van der Waals surface area contributed by atoms with Crippen LogP contribution < -0.4 is 0 Å². The highest BCUT2D eigenvalue weighted by molar-refractivity contribution is 6.07. The first-order valence-electron chi connectivity index (χ1n) is 6.57. The topological polar surface area (TPSA) is 31.0 Å². The van der Waals surface area contributed by atoms with Crippen LogP contribution >= 0.6 is 0 Å². The van der Waals surface area contributed by atoms with E-state index in [0.717, 1.165) is 27.7 Å². The summed E-state index contributed by atoms with van der Waals surface area (Å²) in [5.74, 6) is 0.